The monoisotopic (exact) mass is 636 g/mol. The van der Waals surface area contributed by atoms with Crippen LogP contribution in [-0.2, 0) is 5.41 Å². The number of benzene rings is 9. The highest BCUT2D eigenvalue weighted by Gasteiger charge is 2.36. The first-order valence-electron chi connectivity index (χ1n) is 17.5. The van der Waals surface area contributed by atoms with Gasteiger partial charge in [-0.05, 0) is 106 Å². The minimum Gasteiger partial charge on any atom is -0.455 e. The van der Waals surface area contributed by atoms with Gasteiger partial charge in [-0.1, -0.05) is 147 Å². The Morgan fingerprint density at radius 2 is 0.900 bits per heavy atom. The van der Waals surface area contributed by atoms with Gasteiger partial charge in [0.05, 0.1) is 0 Å². The first kappa shape index (κ1) is 27.7. The van der Waals surface area contributed by atoms with E-state index in [4.69, 9.17) is 4.42 Å². The Bertz CT molecular complexity index is 3010. The van der Waals surface area contributed by atoms with Crippen molar-refractivity contribution >= 4 is 65.0 Å². The zero-order valence-electron chi connectivity index (χ0n) is 27.9. The summed E-state index contributed by atoms with van der Waals surface area (Å²) in [5.74, 6) is 0. The maximum absolute atomic E-state index is 6.66. The smallest absolute Gasteiger partial charge is 0.143 e. The van der Waals surface area contributed by atoms with Crippen LogP contribution in [0.25, 0.3) is 98.4 Å². The van der Waals surface area contributed by atoms with E-state index in [-0.39, 0.29) is 5.41 Å². The predicted octanol–water partition coefficient (Wildman–Crippen LogP) is 13.8. The fraction of sp³-hybridized carbons (Fsp3) is 0.0612. The van der Waals surface area contributed by atoms with Gasteiger partial charge in [-0.2, -0.15) is 0 Å². The Kier molecular flexibility index (Phi) is 5.51. The molecular weight excluding hydrogens is 605 g/mol. The van der Waals surface area contributed by atoms with Gasteiger partial charge >= 0.3 is 0 Å². The minimum atomic E-state index is -0.108. The molecule has 1 aromatic heterocycles. The number of furan rings is 1. The van der Waals surface area contributed by atoms with Crippen LogP contribution < -0.4 is 0 Å². The van der Waals surface area contributed by atoms with E-state index < -0.39 is 0 Å². The SMILES string of the molecule is CC1(C)c2cc(-c3c4ccccc4c(-c4ccc5c(c4)oc4c6ccccc6ccc54)c4ccccc34)ccc2-c2c1ccc1ccccc21. The molecule has 10 aromatic rings. The van der Waals surface area contributed by atoms with Gasteiger partial charge in [-0.3, -0.25) is 0 Å². The van der Waals surface area contributed by atoms with Gasteiger partial charge in [-0.15, -0.1) is 0 Å². The molecule has 0 saturated carbocycles. The Morgan fingerprint density at radius 3 is 1.58 bits per heavy atom. The van der Waals surface area contributed by atoms with E-state index in [9.17, 15) is 0 Å². The first-order valence-corrected chi connectivity index (χ1v) is 17.5. The summed E-state index contributed by atoms with van der Waals surface area (Å²) in [5, 5.41) is 12.3. The molecule has 0 atom stereocenters. The summed E-state index contributed by atoms with van der Waals surface area (Å²) in [5.41, 5.74) is 12.2. The van der Waals surface area contributed by atoms with E-state index in [1.807, 2.05) is 0 Å². The van der Waals surface area contributed by atoms with E-state index in [1.54, 1.807) is 0 Å². The van der Waals surface area contributed by atoms with Gasteiger partial charge in [0.25, 0.3) is 0 Å². The molecule has 9 aromatic carbocycles. The van der Waals surface area contributed by atoms with Crippen molar-refractivity contribution in [2.24, 2.45) is 0 Å². The molecule has 0 unspecified atom stereocenters. The molecule has 0 radical (unpaired) electrons. The highest BCUT2D eigenvalue weighted by Crippen LogP contribution is 2.53. The van der Waals surface area contributed by atoms with Crippen molar-refractivity contribution in [2.45, 2.75) is 19.3 Å². The van der Waals surface area contributed by atoms with E-state index in [2.05, 4.69) is 172 Å². The van der Waals surface area contributed by atoms with Crippen molar-refractivity contribution in [3.05, 3.63) is 169 Å². The lowest BCUT2D eigenvalue weighted by atomic mass is 9.80. The zero-order valence-corrected chi connectivity index (χ0v) is 27.9. The van der Waals surface area contributed by atoms with Crippen molar-refractivity contribution in [1.82, 2.24) is 0 Å². The third-order valence-electron chi connectivity index (χ3n) is 11.4. The maximum atomic E-state index is 6.66. The van der Waals surface area contributed by atoms with Crippen LogP contribution in [0.4, 0.5) is 0 Å². The van der Waals surface area contributed by atoms with Crippen molar-refractivity contribution in [3.63, 3.8) is 0 Å². The summed E-state index contributed by atoms with van der Waals surface area (Å²) >= 11 is 0. The Hall–Kier alpha value is -6.18. The van der Waals surface area contributed by atoms with Gasteiger partial charge in [0.1, 0.15) is 11.2 Å². The van der Waals surface area contributed by atoms with Crippen molar-refractivity contribution < 1.29 is 4.42 Å². The maximum Gasteiger partial charge on any atom is 0.143 e. The second-order valence-corrected chi connectivity index (χ2v) is 14.4. The molecule has 1 heterocycles. The summed E-state index contributed by atoms with van der Waals surface area (Å²) < 4.78 is 6.66. The molecule has 0 bridgehead atoms. The Morgan fingerprint density at radius 1 is 0.380 bits per heavy atom. The molecule has 1 aliphatic rings. The fourth-order valence-corrected chi connectivity index (χ4v) is 9.07. The molecule has 0 N–H and O–H groups in total. The summed E-state index contributed by atoms with van der Waals surface area (Å²) in [7, 11) is 0. The predicted molar refractivity (Wildman–Crippen MR) is 212 cm³/mol. The van der Waals surface area contributed by atoms with Crippen LogP contribution in [0.15, 0.2) is 162 Å². The highest BCUT2D eigenvalue weighted by molar-refractivity contribution is 6.22. The molecule has 0 spiro atoms. The van der Waals surface area contributed by atoms with Gasteiger partial charge < -0.3 is 4.42 Å². The van der Waals surface area contributed by atoms with E-state index >= 15 is 0 Å². The van der Waals surface area contributed by atoms with Gasteiger partial charge in [-0.25, -0.2) is 0 Å². The minimum absolute atomic E-state index is 0.108. The summed E-state index contributed by atoms with van der Waals surface area (Å²) in [6.45, 7) is 4.76. The average molecular weight is 637 g/mol. The topological polar surface area (TPSA) is 13.1 Å². The zero-order chi connectivity index (χ0) is 33.1. The molecular formula is C49H32O. The lowest BCUT2D eigenvalue weighted by molar-refractivity contribution is 0.661. The number of fused-ring (bicyclic) bond motifs is 12. The van der Waals surface area contributed by atoms with Gasteiger partial charge in [0.15, 0.2) is 0 Å². The van der Waals surface area contributed by atoms with E-state index in [0.29, 0.717) is 0 Å². The summed E-state index contributed by atoms with van der Waals surface area (Å²) in [6, 6.07) is 58.1. The van der Waals surface area contributed by atoms with Crippen molar-refractivity contribution in [2.75, 3.05) is 0 Å². The number of hydrogen-bond acceptors (Lipinski definition) is 1. The van der Waals surface area contributed by atoms with Gasteiger partial charge in [0, 0.05) is 21.6 Å². The van der Waals surface area contributed by atoms with Crippen LogP contribution in [-0.4, -0.2) is 0 Å². The molecule has 1 aliphatic carbocycles. The fourth-order valence-electron chi connectivity index (χ4n) is 9.07. The van der Waals surface area contributed by atoms with Crippen molar-refractivity contribution in [3.8, 4) is 33.4 Å². The molecule has 11 rings (SSSR count). The largest absolute Gasteiger partial charge is 0.455 e. The van der Waals surface area contributed by atoms with Crippen LogP contribution in [0.5, 0.6) is 0 Å². The third-order valence-corrected chi connectivity index (χ3v) is 11.4. The molecule has 1 nitrogen and oxygen atoms in total. The molecule has 0 aliphatic heterocycles. The molecule has 0 saturated heterocycles. The number of rotatable bonds is 2. The summed E-state index contributed by atoms with van der Waals surface area (Å²) in [6.07, 6.45) is 0. The molecule has 0 amide bonds. The van der Waals surface area contributed by atoms with Gasteiger partial charge in [0.2, 0.25) is 0 Å². The van der Waals surface area contributed by atoms with Crippen LogP contribution in [0.2, 0.25) is 0 Å². The lowest BCUT2D eigenvalue weighted by Gasteiger charge is -2.23. The summed E-state index contributed by atoms with van der Waals surface area (Å²) in [4.78, 5) is 0. The molecule has 50 heavy (non-hydrogen) atoms. The second-order valence-electron chi connectivity index (χ2n) is 14.4. The van der Waals surface area contributed by atoms with Crippen molar-refractivity contribution in [1.29, 1.82) is 0 Å². The van der Waals surface area contributed by atoms with Crippen LogP contribution in [0, 0.1) is 0 Å². The van der Waals surface area contributed by atoms with Crippen LogP contribution in [0.1, 0.15) is 25.0 Å². The second kappa shape index (κ2) is 9.94. The Labute approximate surface area is 290 Å². The molecule has 0 fully saturated rings. The van der Waals surface area contributed by atoms with E-state index in [0.717, 1.165) is 32.9 Å². The van der Waals surface area contributed by atoms with Crippen LogP contribution in [0.3, 0.4) is 0 Å². The van der Waals surface area contributed by atoms with Crippen LogP contribution >= 0.6 is 0 Å². The standard InChI is InChI=1S/C49H32O/c1-49(2)42-26-22-29-11-3-5-13-33(29)47(42)41-25-21-31(27-43(41)49)45-36-15-7-9-17-38(36)46(39-18-10-8-16-37(39)45)32-20-23-35-40-24-19-30-12-4-6-14-34(30)48(40)50-44(35)28-32/h3-28H,1-2H3. The normalized spacial score (nSPS) is 13.6. The third kappa shape index (κ3) is 3.67. The number of hydrogen-bond donors (Lipinski definition) is 0. The molecule has 1 heteroatoms. The van der Waals surface area contributed by atoms with E-state index in [1.165, 1.54) is 76.6 Å². The quantitative estimate of drug-likeness (QED) is 0.172. The average Bonchev–Trinajstić information content (AvgIpc) is 3.65. The highest BCUT2D eigenvalue weighted by atomic mass is 16.3. The Balaban J connectivity index is 1.16. The first-order chi connectivity index (χ1) is 24.6. The molecule has 234 valence electrons. The lowest BCUT2D eigenvalue weighted by Crippen LogP contribution is -2.15.